The van der Waals surface area contributed by atoms with E-state index < -0.39 is 16.1 Å². The molecule has 2 aromatic rings. The number of amides is 2. The molecule has 0 aliphatic rings. The second-order valence-electron chi connectivity index (χ2n) is 4.68. The number of furan rings is 1. The molecular weight excluding hydrogens is 320 g/mol. The number of rotatable bonds is 6. The first-order valence-corrected chi connectivity index (χ1v) is 8.09. The smallest absolute Gasteiger partial charge is 0.332 e. The van der Waals surface area contributed by atoms with Crippen molar-refractivity contribution < 1.29 is 17.6 Å². The molecule has 8 nitrogen and oxygen atoms in total. The van der Waals surface area contributed by atoms with Crippen LogP contribution in [0.25, 0.3) is 0 Å². The molecule has 9 heteroatoms. The Bertz CT molecular complexity index is 810. The van der Waals surface area contributed by atoms with Gasteiger partial charge in [0.05, 0.1) is 17.7 Å². The van der Waals surface area contributed by atoms with Gasteiger partial charge in [-0.1, -0.05) is 17.7 Å². The average Bonchev–Trinajstić information content (AvgIpc) is 2.93. The van der Waals surface area contributed by atoms with Crippen molar-refractivity contribution in [2.24, 2.45) is 10.8 Å². The zero-order valence-corrected chi connectivity index (χ0v) is 13.1. The van der Waals surface area contributed by atoms with E-state index in [1.54, 1.807) is 24.3 Å². The highest BCUT2D eigenvalue weighted by Gasteiger charge is 2.14. The minimum atomic E-state index is -3.61. The standard InChI is InChI=1S/C14H16N4O4S/c1-10-2-6-13(7-3-10)23(20,21)17-9-12-5-4-11(22-12)8-16-18-14(15)19/h2-8,17H,9H2,1H3,(H3,15,18,19)/b16-8-. The summed E-state index contributed by atoms with van der Waals surface area (Å²) in [6.45, 7) is 1.87. The molecule has 122 valence electrons. The first-order chi connectivity index (χ1) is 10.9. The molecule has 0 bridgehead atoms. The van der Waals surface area contributed by atoms with E-state index in [0.29, 0.717) is 11.5 Å². The van der Waals surface area contributed by atoms with Gasteiger partial charge in [0.2, 0.25) is 10.0 Å². The van der Waals surface area contributed by atoms with Gasteiger partial charge in [-0.25, -0.2) is 23.4 Å². The number of nitrogens with zero attached hydrogens (tertiary/aromatic N) is 1. The summed E-state index contributed by atoms with van der Waals surface area (Å²) in [5.41, 5.74) is 7.85. The molecule has 0 unspecified atom stereocenters. The number of primary amides is 1. The molecule has 1 heterocycles. The van der Waals surface area contributed by atoms with Crippen molar-refractivity contribution >= 4 is 22.3 Å². The van der Waals surface area contributed by atoms with Crippen molar-refractivity contribution in [1.82, 2.24) is 10.1 Å². The molecule has 0 atom stereocenters. The van der Waals surface area contributed by atoms with Crippen LogP contribution in [0.3, 0.4) is 0 Å². The van der Waals surface area contributed by atoms with Gasteiger partial charge in [-0.2, -0.15) is 5.10 Å². The molecule has 1 aromatic carbocycles. The molecule has 1 aromatic heterocycles. The van der Waals surface area contributed by atoms with Crippen LogP contribution in [0, 0.1) is 6.92 Å². The highest BCUT2D eigenvalue weighted by molar-refractivity contribution is 7.89. The molecule has 4 N–H and O–H groups in total. The van der Waals surface area contributed by atoms with Gasteiger partial charge in [-0.3, -0.25) is 0 Å². The van der Waals surface area contributed by atoms with Crippen LogP contribution in [0.1, 0.15) is 17.1 Å². The number of urea groups is 1. The Morgan fingerprint density at radius 1 is 1.26 bits per heavy atom. The van der Waals surface area contributed by atoms with E-state index in [2.05, 4.69) is 9.82 Å². The van der Waals surface area contributed by atoms with E-state index in [0.717, 1.165) is 5.56 Å². The van der Waals surface area contributed by atoms with Crippen molar-refractivity contribution in [3.63, 3.8) is 0 Å². The molecule has 2 rings (SSSR count). The SMILES string of the molecule is Cc1ccc(S(=O)(=O)NCc2ccc(/C=N\NC(N)=O)o2)cc1. The highest BCUT2D eigenvalue weighted by atomic mass is 32.2. The molecule has 23 heavy (non-hydrogen) atoms. The Morgan fingerprint density at radius 2 is 1.96 bits per heavy atom. The summed E-state index contributed by atoms with van der Waals surface area (Å²) in [6.07, 6.45) is 1.25. The number of hydrogen-bond acceptors (Lipinski definition) is 5. The molecule has 0 spiro atoms. The molecule has 0 saturated carbocycles. The Labute approximate surface area is 133 Å². The number of carbonyl (C=O) groups excluding carboxylic acids is 1. The second kappa shape index (κ2) is 7.07. The Hall–Kier alpha value is -2.65. The minimum absolute atomic E-state index is 0.00665. The Balaban J connectivity index is 1.98. The molecule has 0 aliphatic carbocycles. The van der Waals surface area contributed by atoms with Crippen LogP contribution in [0.15, 0.2) is 50.8 Å². The lowest BCUT2D eigenvalue weighted by atomic mass is 10.2. The summed E-state index contributed by atoms with van der Waals surface area (Å²) in [5.74, 6) is 0.754. The van der Waals surface area contributed by atoms with E-state index in [4.69, 9.17) is 10.2 Å². The van der Waals surface area contributed by atoms with E-state index in [9.17, 15) is 13.2 Å². The maximum Gasteiger partial charge on any atom is 0.332 e. The summed E-state index contributed by atoms with van der Waals surface area (Å²) in [5, 5.41) is 3.54. The van der Waals surface area contributed by atoms with Gasteiger partial charge in [0.25, 0.3) is 0 Å². The van der Waals surface area contributed by atoms with Gasteiger partial charge in [0.1, 0.15) is 11.5 Å². The number of sulfonamides is 1. The topological polar surface area (TPSA) is 127 Å². The van der Waals surface area contributed by atoms with E-state index in [-0.39, 0.29) is 11.4 Å². The number of nitrogens with one attached hydrogen (secondary N) is 2. The lowest BCUT2D eigenvalue weighted by Gasteiger charge is -2.05. The fourth-order valence-electron chi connectivity index (χ4n) is 1.69. The van der Waals surface area contributed by atoms with Crippen molar-refractivity contribution in [3.05, 3.63) is 53.5 Å². The third-order valence-electron chi connectivity index (χ3n) is 2.82. The van der Waals surface area contributed by atoms with E-state index in [1.807, 2.05) is 12.3 Å². The highest BCUT2D eigenvalue weighted by Crippen LogP contribution is 2.11. The molecule has 0 aliphatic heterocycles. The largest absolute Gasteiger partial charge is 0.459 e. The number of hydrogen-bond donors (Lipinski definition) is 3. The zero-order valence-electron chi connectivity index (χ0n) is 12.3. The summed E-state index contributed by atoms with van der Waals surface area (Å²) in [7, 11) is -3.61. The van der Waals surface area contributed by atoms with Crippen LogP contribution >= 0.6 is 0 Å². The number of aryl methyl sites for hydroxylation is 1. The first-order valence-electron chi connectivity index (χ1n) is 6.60. The van der Waals surface area contributed by atoms with Crippen molar-refractivity contribution in [2.45, 2.75) is 18.4 Å². The lowest BCUT2D eigenvalue weighted by molar-refractivity contribution is 0.249. The number of nitrogens with two attached hydrogens (primary N) is 1. The van der Waals surface area contributed by atoms with Crippen LogP contribution in [0.2, 0.25) is 0 Å². The average molecular weight is 336 g/mol. The van der Waals surface area contributed by atoms with E-state index in [1.165, 1.54) is 18.3 Å². The predicted octanol–water partition coefficient (Wildman–Crippen LogP) is 1.07. The summed E-state index contributed by atoms with van der Waals surface area (Å²) in [4.78, 5) is 10.6. The van der Waals surface area contributed by atoms with Crippen LogP contribution in [-0.4, -0.2) is 20.7 Å². The maximum absolute atomic E-state index is 12.1. The number of carbonyl (C=O) groups is 1. The molecule has 2 amide bonds. The number of hydrazone groups is 1. The first kappa shape index (κ1) is 16.7. The normalized spacial score (nSPS) is 11.7. The Kier molecular flexibility index (Phi) is 5.14. The van der Waals surface area contributed by atoms with Crippen LogP contribution < -0.4 is 15.9 Å². The zero-order chi connectivity index (χ0) is 16.9. The summed E-state index contributed by atoms with van der Waals surface area (Å²) < 4.78 is 32.1. The lowest BCUT2D eigenvalue weighted by Crippen LogP contribution is -2.24. The third-order valence-corrected chi connectivity index (χ3v) is 4.23. The second-order valence-corrected chi connectivity index (χ2v) is 6.44. The molecule has 0 saturated heterocycles. The van der Waals surface area contributed by atoms with Crippen molar-refractivity contribution in [3.8, 4) is 0 Å². The number of benzene rings is 1. The van der Waals surface area contributed by atoms with Gasteiger partial charge in [0, 0.05) is 0 Å². The van der Waals surface area contributed by atoms with Gasteiger partial charge < -0.3 is 10.2 Å². The van der Waals surface area contributed by atoms with Crippen molar-refractivity contribution in [2.75, 3.05) is 0 Å². The fraction of sp³-hybridized carbons (Fsp3) is 0.143. The predicted molar refractivity (Wildman–Crippen MR) is 84.2 cm³/mol. The van der Waals surface area contributed by atoms with Crippen molar-refractivity contribution in [1.29, 1.82) is 0 Å². The summed E-state index contributed by atoms with van der Waals surface area (Å²) in [6, 6.07) is 8.91. The minimum Gasteiger partial charge on any atom is -0.459 e. The molecule has 0 radical (unpaired) electrons. The quantitative estimate of drug-likeness (QED) is 0.538. The maximum atomic E-state index is 12.1. The van der Waals surface area contributed by atoms with Crippen LogP contribution in [0.5, 0.6) is 0 Å². The third kappa shape index (κ3) is 4.94. The van der Waals surface area contributed by atoms with Gasteiger partial charge in [0.15, 0.2) is 0 Å². The molecular formula is C14H16N4O4S. The monoisotopic (exact) mass is 336 g/mol. The van der Waals surface area contributed by atoms with Gasteiger partial charge >= 0.3 is 6.03 Å². The Morgan fingerprint density at radius 3 is 2.61 bits per heavy atom. The summed E-state index contributed by atoms with van der Waals surface area (Å²) >= 11 is 0. The van der Waals surface area contributed by atoms with Gasteiger partial charge in [-0.05, 0) is 31.2 Å². The molecule has 0 fully saturated rings. The van der Waals surface area contributed by atoms with E-state index >= 15 is 0 Å². The van der Waals surface area contributed by atoms with Crippen LogP contribution in [-0.2, 0) is 16.6 Å². The van der Waals surface area contributed by atoms with Gasteiger partial charge in [-0.15, -0.1) is 0 Å². The van der Waals surface area contributed by atoms with Crippen LogP contribution in [0.4, 0.5) is 4.79 Å². The fourth-order valence-corrected chi connectivity index (χ4v) is 2.68.